The van der Waals surface area contributed by atoms with E-state index in [2.05, 4.69) is 20.8 Å². The summed E-state index contributed by atoms with van der Waals surface area (Å²) < 4.78 is 12.5. The SMILES string of the molecule is CCn1nnnc1COc1ccc(C(=O)Nc2cccc(OC)c2)cc1. The maximum absolute atomic E-state index is 12.3. The van der Waals surface area contributed by atoms with Crippen molar-refractivity contribution in [2.75, 3.05) is 12.4 Å². The third-order valence-corrected chi connectivity index (χ3v) is 3.72. The summed E-state index contributed by atoms with van der Waals surface area (Å²) in [5, 5.41) is 14.2. The van der Waals surface area contributed by atoms with Gasteiger partial charge in [-0.25, -0.2) is 4.68 Å². The number of amides is 1. The number of benzene rings is 2. The molecule has 0 spiro atoms. The molecule has 0 unspecified atom stereocenters. The van der Waals surface area contributed by atoms with Crippen LogP contribution in [0.4, 0.5) is 5.69 Å². The molecule has 3 rings (SSSR count). The van der Waals surface area contributed by atoms with Gasteiger partial charge in [0.25, 0.3) is 5.91 Å². The van der Waals surface area contributed by atoms with Gasteiger partial charge in [0.15, 0.2) is 5.82 Å². The van der Waals surface area contributed by atoms with E-state index in [1.807, 2.05) is 19.1 Å². The number of tetrazole rings is 1. The first-order valence-corrected chi connectivity index (χ1v) is 8.13. The molecule has 0 aliphatic carbocycles. The minimum atomic E-state index is -0.209. The number of hydrogen-bond acceptors (Lipinski definition) is 6. The van der Waals surface area contributed by atoms with E-state index >= 15 is 0 Å². The first kappa shape index (κ1) is 17.4. The highest BCUT2D eigenvalue weighted by atomic mass is 16.5. The number of hydrogen-bond donors (Lipinski definition) is 1. The Hall–Kier alpha value is -3.42. The van der Waals surface area contributed by atoms with Crippen molar-refractivity contribution in [3.05, 3.63) is 59.9 Å². The molecule has 0 aliphatic heterocycles. The maximum atomic E-state index is 12.3. The summed E-state index contributed by atoms with van der Waals surface area (Å²) in [5.41, 5.74) is 1.19. The number of carbonyl (C=O) groups is 1. The second-order valence-electron chi connectivity index (χ2n) is 5.41. The maximum Gasteiger partial charge on any atom is 0.255 e. The van der Waals surface area contributed by atoms with Gasteiger partial charge in [0.2, 0.25) is 0 Å². The normalized spacial score (nSPS) is 10.4. The number of rotatable bonds is 7. The summed E-state index contributed by atoms with van der Waals surface area (Å²) >= 11 is 0. The van der Waals surface area contributed by atoms with Crippen LogP contribution < -0.4 is 14.8 Å². The molecule has 1 N–H and O–H groups in total. The Morgan fingerprint density at radius 3 is 2.69 bits per heavy atom. The molecule has 134 valence electrons. The van der Waals surface area contributed by atoms with Gasteiger partial charge in [0, 0.05) is 23.9 Å². The Morgan fingerprint density at radius 2 is 1.96 bits per heavy atom. The Kier molecular flexibility index (Phi) is 5.43. The van der Waals surface area contributed by atoms with Crippen molar-refractivity contribution in [1.82, 2.24) is 20.2 Å². The standard InChI is InChI=1S/C18H19N5O3/c1-3-23-17(20-21-22-23)12-26-15-9-7-13(8-10-15)18(24)19-14-5-4-6-16(11-14)25-2/h4-11H,3,12H2,1-2H3,(H,19,24). The topological polar surface area (TPSA) is 91.2 Å². The largest absolute Gasteiger partial charge is 0.497 e. The van der Waals surface area contributed by atoms with Gasteiger partial charge >= 0.3 is 0 Å². The quantitative estimate of drug-likeness (QED) is 0.702. The lowest BCUT2D eigenvalue weighted by Gasteiger charge is -2.08. The van der Waals surface area contributed by atoms with Crippen LogP contribution in [0.3, 0.4) is 0 Å². The van der Waals surface area contributed by atoms with Crippen molar-refractivity contribution < 1.29 is 14.3 Å². The van der Waals surface area contributed by atoms with Crippen molar-refractivity contribution in [2.45, 2.75) is 20.1 Å². The summed E-state index contributed by atoms with van der Waals surface area (Å²) in [7, 11) is 1.58. The number of aryl methyl sites for hydroxylation is 1. The van der Waals surface area contributed by atoms with Crippen molar-refractivity contribution in [1.29, 1.82) is 0 Å². The molecule has 3 aromatic rings. The fraction of sp³-hybridized carbons (Fsp3) is 0.222. The second kappa shape index (κ2) is 8.11. The van der Waals surface area contributed by atoms with Gasteiger partial charge in [-0.3, -0.25) is 4.79 Å². The highest BCUT2D eigenvalue weighted by Gasteiger charge is 2.08. The number of nitrogens with one attached hydrogen (secondary N) is 1. The molecular formula is C18H19N5O3. The van der Waals surface area contributed by atoms with E-state index in [0.29, 0.717) is 35.1 Å². The Morgan fingerprint density at radius 1 is 1.15 bits per heavy atom. The summed E-state index contributed by atoms with van der Waals surface area (Å²) in [5.74, 6) is 1.75. The van der Waals surface area contributed by atoms with Crippen LogP contribution in [0.5, 0.6) is 11.5 Å². The molecule has 0 aliphatic rings. The zero-order valence-corrected chi connectivity index (χ0v) is 14.5. The lowest BCUT2D eigenvalue weighted by molar-refractivity contribution is 0.102. The predicted molar refractivity (Wildman–Crippen MR) is 95.2 cm³/mol. The zero-order valence-electron chi connectivity index (χ0n) is 14.5. The summed E-state index contributed by atoms with van der Waals surface area (Å²) in [6.07, 6.45) is 0. The van der Waals surface area contributed by atoms with Crippen molar-refractivity contribution in [2.24, 2.45) is 0 Å². The van der Waals surface area contributed by atoms with E-state index in [0.717, 1.165) is 0 Å². The second-order valence-corrected chi connectivity index (χ2v) is 5.41. The van der Waals surface area contributed by atoms with Crippen LogP contribution >= 0.6 is 0 Å². The molecule has 1 amide bonds. The minimum absolute atomic E-state index is 0.209. The molecule has 8 nitrogen and oxygen atoms in total. The molecule has 8 heteroatoms. The molecule has 0 bridgehead atoms. The van der Waals surface area contributed by atoms with Gasteiger partial charge in [-0.15, -0.1) is 5.10 Å². The fourth-order valence-electron chi connectivity index (χ4n) is 2.33. The molecule has 0 atom stereocenters. The van der Waals surface area contributed by atoms with Crippen LogP contribution in [-0.4, -0.2) is 33.2 Å². The Bertz CT molecular complexity index is 877. The molecule has 26 heavy (non-hydrogen) atoms. The van der Waals surface area contributed by atoms with E-state index < -0.39 is 0 Å². The first-order chi connectivity index (χ1) is 12.7. The number of methoxy groups -OCH3 is 1. The Labute approximate surface area is 150 Å². The van der Waals surface area contributed by atoms with Crippen molar-refractivity contribution in [3.63, 3.8) is 0 Å². The molecule has 1 aromatic heterocycles. The first-order valence-electron chi connectivity index (χ1n) is 8.13. The van der Waals surface area contributed by atoms with Crippen LogP contribution in [0.15, 0.2) is 48.5 Å². The average molecular weight is 353 g/mol. The fourth-order valence-corrected chi connectivity index (χ4v) is 2.33. The van der Waals surface area contributed by atoms with Gasteiger partial charge in [0.1, 0.15) is 18.1 Å². The average Bonchev–Trinajstić information content (AvgIpc) is 3.14. The zero-order chi connectivity index (χ0) is 18.4. The van der Waals surface area contributed by atoms with Crippen LogP contribution in [0.2, 0.25) is 0 Å². The summed E-state index contributed by atoms with van der Waals surface area (Å²) in [4.78, 5) is 12.3. The van der Waals surface area contributed by atoms with Crippen LogP contribution in [0.25, 0.3) is 0 Å². The molecular weight excluding hydrogens is 334 g/mol. The number of nitrogens with zero attached hydrogens (tertiary/aromatic N) is 4. The number of carbonyl (C=O) groups excluding carboxylic acids is 1. The molecule has 0 fully saturated rings. The molecule has 0 saturated heterocycles. The van der Waals surface area contributed by atoms with Crippen molar-refractivity contribution in [3.8, 4) is 11.5 Å². The highest BCUT2D eigenvalue weighted by molar-refractivity contribution is 6.04. The summed E-state index contributed by atoms with van der Waals surface area (Å²) in [6.45, 7) is 2.89. The van der Waals surface area contributed by atoms with Crippen LogP contribution in [-0.2, 0) is 13.2 Å². The van der Waals surface area contributed by atoms with Gasteiger partial charge in [0.05, 0.1) is 7.11 Å². The molecule has 1 heterocycles. The van der Waals surface area contributed by atoms with Gasteiger partial charge in [-0.1, -0.05) is 6.07 Å². The minimum Gasteiger partial charge on any atom is -0.497 e. The number of aromatic nitrogens is 4. The van der Waals surface area contributed by atoms with Gasteiger partial charge in [-0.05, 0) is 53.7 Å². The Balaban J connectivity index is 1.60. The predicted octanol–water partition coefficient (Wildman–Crippen LogP) is 2.53. The van der Waals surface area contributed by atoms with Crippen LogP contribution in [0, 0.1) is 0 Å². The van der Waals surface area contributed by atoms with E-state index in [-0.39, 0.29) is 12.5 Å². The summed E-state index contributed by atoms with van der Waals surface area (Å²) in [6, 6.07) is 14.1. The van der Waals surface area contributed by atoms with Gasteiger partial charge < -0.3 is 14.8 Å². The molecule has 0 radical (unpaired) electrons. The molecule has 2 aromatic carbocycles. The van der Waals surface area contributed by atoms with Gasteiger partial charge in [-0.2, -0.15) is 0 Å². The van der Waals surface area contributed by atoms with Crippen LogP contribution in [0.1, 0.15) is 23.1 Å². The lowest BCUT2D eigenvalue weighted by Crippen LogP contribution is -2.12. The molecule has 0 saturated carbocycles. The smallest absolute Gasteiger partial charge is 0.255 e. The van der Waals surface area contributed by atoms with Crippen molar-refractivity contribution >= 4 is 11.6 Å². The van der Waals surface area contributed by atoms with E-state index in [1.165, 1.54) is 0 Å². The number of anilines is 1. The third kappa shape index (κ3) is 4.15. The lowest BCUT2D eigenvalue weighted by atomic mass is 10.2. The van der Waals surface area contributed by atoms with E-state index in [9.17, 15) is 4.79 Å². The van der Waals surface area contributed by atoms with E-state index in [4.69, 9.17) is 9.47 Å². The monoisotopic (exact) mass is 353 g/mol. The number of ether oxygens (including phenoxy) is 2. The highest BCUT2D eigenvalue weighted by Crippen LogP contribution is 2.19. The van der Waals surface area contributed by atoms with E-state index in [1.54, 1.807) is 48.2 Å². The third-order valence-electron chi connectivity index (χ3n) is 3.72.